The van der Waals surface area contributed by atoms with E-state index in [4.69, 9.17) is 16.3 Å². The van der Waals surface area contributed by atoms with Crippen LogP contribution in [0.5, 0.6) is 5.75 Å². The van der Waals surface area contributed by atoms with Gasteiger partial charge in [0.15, 0.2) is 0 Å². The lowest BCUT2D eigenvalue weighted by molar-refractivity contribution is -0.122. The molecule has 2 aromatic rings. The van der Waals surface area contributed by atoms with Gasteiger partial charge in [0.1, 0.15) is 11.3 Å². The number of barbiturate groups is 1. The van der Waals surface area contributed by atoms with Crippen molar-refractivity contribution < 1.29 is 19.1 Å². The number of nitrogens with zero attached hydrogens (tertiary/aromatic N) is 1. The predicted molar refractivity (Wildman–Crippen MR) is 93.4 cm³/mol. The van der Waals surface area contributed by atoms with Crippen LogP contribution in [0, 0.1) is 0 Å². The fraction of sp³-hybridized carbons (Fsp3) is 0.0556. The zero-order valence-corrected chi connectivity index (χ0v) is 13.9. The molecule has 0 spiro atoms. The van der Waals surface area contributed by atoms with Crippen LogP contribution in [0.4, 0.5) is 10.5 Å². The lowest BCUT2D eigenvalue weighted by Gasteiger charge is -2.26. The van der Waals surface area contributed by atoms with Crippen LogP contribution in [0.1, 0.15) is 5.56 Å². The van der Waals surface area contributed by atoms with Crippen LogP contribution in [0.3, 0.4) is 0 Å². The molecule has 1 aliphatic heterocycles. The molecule has 1 heterocycles. The minimum absolute atomic E-state index is 0.162. The van der Waals surface area contributed by atoms with Crippen LogP contribution in [0.2, 0.25) is 5.02 Å². The maximum Gasteiger partial charge on any atom is 0.335 e. The Labute approximate surface area is 148 Å². The number of benzene rings is 2. The summed E-state index contributed by atoms with van der Waals surface area (Å²) in [4.78, 5) is 37.8. The van der Waals surface area contributed by atoms with Crippen molar-refractivity contribution in [1.82, 2.24) is 5.32 Å². The van der Waals surface area contributed by atoms with Crippen molar-refractivity contribution in [3.8, 4) is 5.75 Å². The van der Waals surface area contributed by atoms with Crippen LogP contribution < -0.4 is 15.0 Å². The predicted octanol–water partition coefficient (Wildman–Crippen LogP) is 3.02. The number of methoxy groups -OCH3 is 1. The van der Waals surface area contributed by atoms with E-state index in [2.05, 4.69) is 5.32 Å². The molecule has 2 aromatic carbocycles. The van der Waals surface area contributed by atoms with Gasteiger partial charge in [-0.1, -0.05) is 35.9 Å². The van der Waals surface area contributed by atoms with Gasteiger partial charge in [-0.05, 0) is 35.9 Å². The average molecular weight is 357 g/mol. The highest BCUT2D eigenvalue weighted by Gasteiger charge is 2.36. The summed E-state index contributed by atoms with van der Waals surface area (Å²) in [5.41, 5.74) is 0.743. The average Bonchev–Trinajstić information content (AvgIpc) is 2.59. The number of hydrogen-bond acceptors (Lipinski definition) is 4. The highest BCUT2D eigenvalue weighted by Crippen LogP contribution is 2.27. The topological polar surface area (TPSA) is 75.7 Å². The highest BCUT2D eigenvalue weighted by atomic mass is 35.5. The van der Waals surface area contributed by atoms with Gasteiger partial charge in [0.2, 0.25) is 0 Å². The number of nitrogens with one attached hydrogen (secondary N) is 1. The van der Waals surface area contributed by atoms with Crippen LogP contribution in [-0.4, -0.2) is 25.0 Å². The van der Waals surface area contributed by atoms with Crippen LogP contribution in [0.15, 0.2) is 54.1 Å². The summed E-state index contributed by atoms with van der Waals surface area (Å²) in [7, 11) is 1.49. The summed E-state index contributed by atoms with van der Waals surface area (Å²) in [5, 5.41) is 2.51. The summed E-state index contributed by atoms with van der Waals surface area (Å²) in [6, 6.07) is 12.4. The molecule has 0 atom stereocenters. The van der Waals surface area contributed by atoms with E-state index in [1.807, 2.05) is 0 Å². The number of carbonyl (C=O) groups is 3. The third-order valence-corrected chi connectivity index (χ3v) is 3.90. The molecule has 0 aliphatic carbocycles. The first-order valence-corrected chi connectivity index (χ1v) is 7.69. The molecule has 0 bridgehead atoms. The number of urea groups is 1. The van der Waals surface area contributed by atoms with E-state index in [0.717, 1.165) is 4.90 Å². The van der Waals surface area contributed by atoms with E-state index in [1.54, 1.807) is 48.5 Å². The van der Waals surface area contributed by atoms with Crippen molar-refractivity contribution in [3.63, 3.8) is 0 Å². The summed E-state index contributed by atoms with van der Waals surface area (Å²) in [6.45, 7) is 0. The van der Waals surface area contributed by atoms with Gasteiger partial charge in [-0.2, -0.15) is 0 Å². The smallest absolute Gasteiger partial charge is 0.335 e. The first-order valence-electron chi connectivity index (χ1n) is 7.31. The van der Waals surface area contributed by atoms with Gasteiger partial charge < -0.3 is 4.74 Å². The molecule has 0 saturated carbocycles. The van der Waals surface area contributed by atoms with Crippen molar-refractivity contribution in [2.45, 2.75) is 0 Å². The Balaban J connectivity index is 2.00. The number of ether oxygens (including phenoxy) is 1. The van der Waals surface area contributed by atoms with Crippen LogP contribution >= 0.6 is 11.6 Å². The molecular formula is C18H13ClN2O4. The number of halogens is 1. The molecule has 6 nitrogen and oxygen atoms in total. The molecule has 126 valence electrons. The monoisotopic (exact) mass is 356 g/mol. The quantitative estimate of drug-likeness (QED) is 0.677. The van der Waals surface area contributed by atoms with E-state index >= 15 is 0 Å². The minimum atomic E-state index is -0.786. The highest BCUT2D eigenvalue weighted by molar-refractivity contribution is 6.39. The number of carbonyl (C=O) groups excluding carboxylic acids is 3. The second-order valence-electron chi connectivity index (χ2n) is 5.19. The number of imide groups is 2. The molecular weight excluding hydrogens is 344 g/mol. The molecule has 1 fully saturated rings. The zero-order chi connectivity index (χ0) is 18.0. The van der Waals surface area contributed by atoms with Crippen molar-refractivity contribution in [1.29, 1.82) is 0 Å². The third-order valence-electron chi connectivity index (χ3n) is 3.60. The molecule has 7 heteroatoms. The van der Waals surface area contributed by atoms with Gasteiger partial charge in [0.05, 0.1) is 17.8 Å². The van der Waals surface area contributed by atoms with Crippen molar-refractivity contribution in [2.24, 2.45) is 0 Å². The first kappa shape index (κ1) is 16.7. The van der Waals surface area contributed by atoms with Crippen molar-refractivity contribution >= 4 is 41.2 Å². The number of anilines is 1. The maximum atomic E-state index is 12.7. The summed E-state index contributed by atoms with van der Waals surface area (Å²) >= 11 is 6.06. The van der Waals surface area contributed by atoms with E-state index in [-0.39, 0.29) is 5.57 Å². The molecule has 1 aliphatic rings. The molecule has 3 rings (SSSR count). The van der Waals surface area contributed by atoms with Gasteiger partial charge in [0, 0.05) is 0 Å². The second-order valence-corrected chi connectivity index (χ2v) is 5.59. The molecule has 0 unspecified atom stereocenters. The zero-order valence-electron chi connectivity index (χ0n) is 13.2. The van der Waals surface area contributed by atoms with Crippen molar-refractivity contribution in [2.75, 3.05) is 12.0 Å². The lowest BCUT2D eigenvalue weighted by Crippen LogP contribution is -2.54. The Morgan fingerprint density at radius 1 is 1.08 bits per heavy atom. The summed E-state index contributed by atoms with van der Waals surface area (Å²) in [6.07, 6.45) is 1.38. The Bertz CT molecular complexity index is 893. The Kier molecular flexibility index (Phi) is 4.54. The fourth-order valence-electron chi connectivity index (χ4n) is 2.41. The summed E-state index contributed by atoms with van der Waals surface area (Å²) in [5.74, 6) is -0.981. The number of para-hydroxylation sites is 1. The van der Waals surface area contributed by atoms with E-state index in [1.165, 1.54) is 13.2 Å². The Morgan fingerprint density at radius 3 is 2.44 bits per heavy atom. The van der Waals surface area contributed by atoms with Gasteiger partial charge in [-0.25, -0.2) is 9.69 Å². The summed E-state index contributed by atoms with van der Waals surface area (Å²) < 4.78 is 5.07. The first-order chi connectivity index (χ1) is 12.0. The fourth-order valence-corrected chi connectivity index (χ4v) is 2.67. The number of hydrogen-bond donors (Lipinski definition) is 1. The van der Waals surface area contributed by atoms with Crippen LogP contribution in [0.25, 0.3) is 6.08 Å². The van der Waals surface area contributed by atoms with E-state index < -0.39 is 17.8 Å². The molecule has 25 heavy (non-hydrogen) atoms. The molecule has 1 saturated heterocycles. The molecule has 0 radical (unpaired) electrons. The lowest BCUT2D eigenvalue weighted by atomic mass is 10.1. The largest absolute Gasteiger partial charge is 0.495 e. The van der Waals surface area contributed by atoms with Gasteiger partial charge in [0.25, 0.3) is 11.8 Å². The SMILES string of the molecule is COc1ccc(/C=C2/C(=O)NC(=O)N(c3ccccc3)C2=O)cc1Cl. The molecule has 4 amide bonds. The standard InChI is InChI=1S/C18H13ClN2O4/c1-25-15-8-7-11(10-14(15)19)9-13-16(22)20-18(24)21(17(13)23)12-5-3-2-4-6-12/h2-10H,1H3,(H,20,22,24)/b13-9-. The van der Waals surface area contributed by atoms with E-state index in [9.17, 15) is 14.4 Å². The number of amides is 4. The third kappa shape index (κ3) is 3.25. The van der Waals surface area contributed by atoms with Crippen LogP contribution in [-0.2, 0) is 9.59 Å². The van der Waals surface area contributed by atoms with Gasteiger partial charge >= 0.3 is 6.03 Å². The molecule has 1 N–H and O–H groups in total. The normalized spacial score (nSPS) is 16.2. The van der Waals surface area contributed by atoms with E-state index in [0.29, 0.717) is 22.0 Å². The Morgan fingerprint density at radius 2 is 1.80 bits per heavy atom. The molecule has 0 aromatic heterocycles. The van der Waals surface area contributed by atoms with Gasteiger partial charge in [-0.15, -0.1) is 0 Å². The van der Waals surface area contributed by atoms with Gasteiger partial charge in [-0.3, -0.25) is 14.9 Å². The maximum absolute atomic E-state index is 12.7. The second kappa shape index (κ2) is 6.78. The Hall–Kier alpha value is -3.12. The minimum Gasteiger partial charge on any atom is -0.495 e. The number of rotatable bonds is 3. The van der Waals surface area contributed by atoms with Crippen molar-refractivity contribution in [3.05, 3.63) is 64.7 Å².